The van der Waals surface area contributed by atoms with Crippen molar-refractivity contribution in [1.82, 2.24) is 15.1 Å². The average Bonchev–Trinajstić information content (AvgIpc) is 3.39. The minimum absolute atomic E-state index is 0.0752. The highest BCUT2D eigenvalue weighted by Gasteiger charge is 2.28. The van der Waals surface area contributed by atoms with Crippen molar-refractivity contribution in [2.75, 3.05) is 18.4 Å². The van der Waals surface area contributed by atoms with E-state index in [2.05, 4.69) is 48.4 Å². The molecule has 0 bridgehead atoms. The van der Waals surface area contributed by atoms with E-state index >= 15 is 0 Å². The lowest BCUT2D eigenvalue weighted by Gasteiger charge is -2.30. The van der Waals surface area contributed by atoms with Crippen LogP contribution in [0.1, 0.15) is 51.0 Å². The van der Waals surface area contributed by atoms with Crippen LogP contribution in [0.25, 0.3) is 11.7 Å². The molecule has 0 aliphatic carbocycles. The van der Waals surface area contributed by atoms with Gasteiger partial charge in [-0.15, -0.1) is 10.2 Å². The summed E-state index contributed by atoms with van der Waals surface area (Å²) in [5.41, 5.74) is 2.14. The van der Waals surface area contributed by atoms with Gasteiger partial charge in [-0.1, -0.05) is 32.9 Å². The summed E-state index contributed by atoms with van der Waals surface area (Å²) in [6.45, 7) is 7.81. The molecule has 29 heavy (non-hydrogen) atoms. The Balaban J connectivity index is 1.32. The fourth-order valence-corrected chi connectivity index (χ4v) is 3.48. The Labute approximate surface area is 170 Å². The molecule has 1 fully saturated rings. The standard InChI is InChI=1S/C22H26N4O3/c1-22(2,3)16-6-8-17(9-7-16)23-21(27)26-12-10-15(11-13-26)19-24-25-20(29-19)18-5-4-14-28-18/h4-9,14-15H,10-13H2,1-3H3,(H,23,27). The largest absolute Gasteiger partial charge is 0.459 e. The van der Waals surface area contributed by atoms with E-state index < -0.39 is 0 Å². The quantitative estimate of drug-likeness (QED) is 0.673. The number of carbonyl (C=O) groups excluding carboxylic acids is 1. The molecular weight excluding hydrogens is 368 g/mol. The highest BCUT2D eigenvalue weighted by molar-refractivity contribution is 5.89. The first-order chi connectivity index (χ1) is 13.9. The first-order valence-electron chi connectivity index (χ1n) is 9.94. The van der Waals surface area contributed by atoms with Gasteiger partial charge in [0.2, 0.25) is 5.89 Å². The van der Waals surface area contributed by atoms with E-state index in [1.807, 2.05) is 17.0 Å². The average molecular weight is 394 g/mol. The molecule has 1 N–H and O–H groups in total. The van der Waals surface area contributed by atoms with Crippen molar-refractivity contribution in [2.45, 2.75) is 44.9 Å². The highest BCUT2D eigenvalue weighted by atomic mass is 16.4. The van der Waals surface area contributed by atoms with Gasteiger partial charge in [-0.05, 0) is 48.1 Å². The molecule has 0 saturated carbocycles. The zero-order valence-corrected chi connectivity index (χ0v) is 17.0. The number of nitrogens with zero attached hydrogens (tertiary/aromatic N) is 3. The molecule has 7 heteroatoms. The molecule has 2 aromatic heterocycles. The summed E-state index contributed by atoms with van der Waals surface area (Å²) < 4.78 is 11.1. The Morgan fingerprint density at radius 1 is 1.10 bits per heavy atom. The number of aromatic nitrogens is 2. The number of rotatable bonds is 3. The van der Waals surface area contributed by atoms with Crippen molar-refractivity contribution in [3.63, 3.8) is 0 Å². The fourth-order valence-electron chi connectivity index (χ4n) is 3.48. The number of anilines is 1. The molecule has 4 rings (SSSR count). The van der Waals surface area contributed by atoms with Crippen LogP contribution in [0.3, 0.4) is 0 Å². The molecule has 1 aromatic carbocycles. The SMILES string of the molecule is CC(C)(C)c1ccc(NC(=O)N2CCC(c3nnc(-c4ccco4)o3)CC2)cc1. The Hall–Kier alpha value is -3.09. The van der Waals surface area contributed by atoms with Crippen LogP contribution in [0.4, 0.5) is 10.5 Å². The van der Waals surface area contributed by atoms with Crippen molar-refractivity contribution in [3.8, 4) is 11.7 Å². The lowest BCUT2D eigenvalue weighted by molar-refractivity contribution is 0.190. The first kappa shape index (κ1) is 19.2. The molecule has 1 saturated heterocycles. The Kier molecular flexibility index (Phi) is 5.13. The molecule has 1 aliphatic heterocycles. The van der Waals surface area contributed by atoms with E-state index in [1.54, 1.807) is 18.4 Å². The van der Waals surface area contributed by atoms with Gasteiger partial charge >= 0.3 is 6.03 Å². The van der Waals surface area contributed by atoms with Gasteiger partial charge in [0.1, 0.15) is 0 Å². The summed E-state index contributed by atoms with van der Waals surface area (Å²) in [5, 5.41) is 11.2. The normalized spacial score (nSPS) is 15.5. The molecule has 1 aliphatic rings. The lowest BCUT2D eigenvalue weighted by Crippen LogP contribution is -2.40. The van der Waals surface area contributed by atoms with Crippen molar-refractivity contribution < 1.29 is 13.6 Å². The summed E-state index contributed by atoms with van der Waals surface area (Å²) in [7, 11) is 0. The number of likely N-dealkylation sites (tertiary alicyclic amines) is 1. The molecule has 2 amide bonds. The summed E-state index contributed by atoms with van der Waals surface area (Å²) in [6.07, 6.45) is 3.15. The molecule has 3 aromatic rings. The summed E-state index contributed by atoms with van der Waals surface area (Å²) in [6, 6.07) is 11.5. The Bertz CT molecular complexity index is 947. The van der Waals surface area contributed by atoms with Crippen LogP contribution in [-0.4, -0.2) is 34.2 Å². The van der Waals surface area contributed by atoms with E-state index in [4.69, 9.17) is 8.83 Å². The van der Waals surface area contributed by atoms with Gasteiger partial charge in [0.25, 0.3) is 5.89 Å². The van der Waals surface area contributed by atoms with Gasteiger partial charge in [-0.25, -0.2) is 4.79 Å². The predicted octanol–water partition coefficient (Wildman–Crippen LogP) is 5.04. The van der Waals surface area contributed by atoms with Gasteiger partial charge < -0.3 is 19.1 Å². The fraction of sp³-hybridized carbons (Fsp3) is 0.409. The summed E-state index contributed by atoms with van der Waals surface area (Å²) >= 11 is 0. The van der Waals surface area contributed by atoms with E-state index in [0.717, 1.165) is 18.5 Å². The number of furan rings is 1. The number of amides is 2. The molecular formula is C22H26N4O3. The molecule has 3 heterocycles. The van der Waals surface area contributed by atoms with Crippen molar-refractivity contribution in [1.29, 1.82) is 0 Å². The van der Waals surface area contributed by atoms with Crippen LogP contribution in [0, 0.1) is 0 Å². The molecule has 0 radical (unpaired) electrons. The van der Waals surface area contributed by atoms with Gasteiger partial charge in [0.15, 0.2) is 5.76 Å². The second-order valence-corrected chi connectivity index (χ2v) is 8.44. The van der Waals surface area contributed by atoms with Crippen molar-refractivity contribution in [3.05, 3.63) is 54.1 Å². The van der Waals surface area contributed by atoms with E-state index in [1.165, 1.54) is 5.56 Å². The van der Waals surface area contributed by atoms with Gasteiger partial charge in [-0.2, -0.15) is 0 Å². The Morgan fingerprint density at radius 3 is 2.45 bits per heavy atom. The van der Waals surface area contributed by atoms with Crippen LogP contribution in [0.5, 0.6) is 0 Å². The number of urea groups is 1. The van der Waals surface area contributed by atoms with Crippen LogP contribution in [-0.2, 0) is 5.41 Å². The van der Waals surface area contributed by atoms with Gasteiger partial charge in [0.05, 0.1) is 6.26 Å². The van der Waals surface area contributed by atoms with E-state index in [0.29, 0.717) is 30.6 Å². The molecule has 152 valence electrons. The summed E-state index contributed by atoms with van der Waals surface area (Å²) in [4.78, 5) is 14.4. The van der Waals surface area contributed by atoms with Crippen LogP contribution >= 0.6 is 0 Å². The number of hydrogen-bond donors (Lipinski definition) is 1. The van der Waals surface area contributed by atoms with Crippen LogP contribution in [0.2, 0.25) is 0 Å². The minimum Gasteiger partial charge on any atom is -0.459 e. The maximum absolute atomic E-state index is 12.6. The lowest BCUT2D eigenvalue weighted by atomic mass is 9.87. The zero-order chi connectivity index (χ0) is 20.4. The second-order valence-electron chi connectivity index (χ2n) is 8.44. The number of hydrogen-bond acceptors (Lipinski definition) is 5. The minimum atomic E-state index is -0.0752. The summed E-state index contributed by atoms with van der Waals surface area (Å²) in [5.74, 6) is 1.72. The molecule has 0 unspecified atom stereocenters. The van der Waals surface area contributed by atoms with Crippen LogP contribution < -0.4 is 5.32 Å². The van der Waals surface area contributed by atoms with Gasteiger partial charge in [-0.3, -0.25) is 0 Å². The topological polar surface area (TPSA) is 84.4 Å². The maximum atomic E-state index is 12.6. The molecule has 7 nitrogen and oxygen atoms in total. The third kappa shape index (κ3) is 4.34. The van der Waals surface area contributed by atoms with Crippen molar-refractivity contribution >= 4 is 11.7 Å². The molecule has 0 spiro atoms. The van der Waals surface area contributed by atoms with Crippen LogP contribution in [0.15, 0.2) is 51.5 Å². The second kappa shape index (κ2) is 7.73. The van der Waals surface area contributed by atoms with E-state index in [-0.39, 0.29) is 17.4 Å². The third-order valence-corrected chi connectivity index (χ3v) is 5.31. The number of nitrogens with one attached hydrogen (secondary N) is 1. The van der Waals surface area contributed by atoms with Crippen molar-refractivity contribution in [2.24, 2.45) is 0 Å². The highest BCUT2D eigenvalue weighted by Crippen LogP contribution is 2.30. The van der Waals surface area contributed by atoms with Gasteiger partial charge in [0, 0.05) is 24.7 Å². The maximum Gasteiger partial charge on any atom is 0.321 e. The zero-order valence-electron chi connectivity index (χ0n) is 17.0. The first-order valence-corrected chi connectivity index (χ1v) is 9.94. The monoisotopic (exact) mass is 394 g/mol. The third-order valence-electron chi connectivity index (χ3n) is 5.31. The number of piperidine rings is 1. The smallest absolute Gasteiger partial charge is 0.321 e. The molecule has 0 atom stereocenters. The Morgan fingerprint density at radius 2 is 1.83 bits per heavy atom. The number of carbonyl (C=O) groups is 1. The predicted molar refractivity (Wildman–Crippen MR) is 110 cm³/mol. The van der Waals surface area contributed by atoms with E-state index in [9.17, 15) is 4.79 Å². The number of benzene rings is 1.